The third-order valence-corrected chi connectivity index (χ3v) is 4.54. The zero-order valence-electron chi connectivity index (χ0n) is 15.6. The number of hydrogen-bond donors (Lipinski definition) is 2. The molecule has 1 aromatic carbocycles. The number of carbonyl (C=O) groups is 2. The van der Waals surface area contributed by atoms with Gasteiger partial charge in [0.15, 0.2) is 0 Å². The van der Waals surface area contributed by atoms with Crippen molar-refractivity contribution >= 4 is 17.9 Å². The number of carbonyl (C=O) groups excluding carboxylic acids is 2. The molecule has 0 spiro atoms. The molecule has 1 unspecified atom stereocenters. The molecule has 1 heterocycles. The van der Waals surface area contributed by atoms with Gasteiger partial charge >= 0.3 is 0 Å². The number of hydrogen-bond acceptors (Lipinski definition) is 4. The Labute approximate surface area is 155 Å². The van der Waals surface area contributed by atoms with Crippen LogP contribution in [0.5, 0.6) is 0 Å². The van der Waals surface area contributed by atoms with Crippen LogP contribution >= 0.6 is 0 Å². The number of aliphatic hydroxyl groups is 1. The van der Waals surface area contributed by atoms with Crippen molar-refractivity contribution in [2.24, 2.45) is 0 Å². The zero-order chi connectivity index (χ0) is 18.9. The monoisotopic (exact) mass is 359 g/mol. The average molecular weight is 359 g/mol. The second-order valence-electron chi connectivity index (χ2n) is 6.72. The molecule has 0 aromatic heterocycles. The average Bonchev–Trinajstić information content (AvgIpc) is 2.63. The molecule has 6 heteroatoms. The first-order chi connectivity index (χ1) is 12.5. The lowest BCUT2D eigenvalue weighted by Crippen LogP contribution is -2.57. The first-order valence-corrected chi connectivity index (χ1v) is 9.16. The van der Waals surface area contributed by atoms with E-state index in [1.807, 2.05) is 61.2 Å². The Hall–Kier alpha value is -2.18. The first kappa shape index (κ1) is 20.1. The molecule has 0 saturated carbocycles. The van der Waals surface area contributed by atoms with E-state index in [1.54, 1.807) is 4.90 Å². The quantitative estimate of drug-likeness (QED) is 0.730. The van der Waals surface area contributed by atoms with Gasteiger partial charge in [0, 0.05) is 32.2 Å². The predicted molar refractivity (Wildman–Crippen MR) is 102 cm³/mol. The summed E-state index contributed by atoms with van der Waals surface area (Å²) in [4.78, 5) is 28.6. The van der Waals surface area contributed by atoms with Crippen LogP contribution in [0.4, 0.5) is 0 Å². The molecule has 142 valence electrons. The van der Waals surface area contributed by atoms with E-state index in [0.717, 1.165) is 5.56 Å². The summed E-state index contributed by atoms with van der Waals surface area (Å²) in [5.74, 6) is -0.210. The van der Waals surface area contributed by atoms with E-state index in [0.29, 0.717) is 26.2 Å². The maximum absolute atomic E-state index is 12.6. The Morgan fingerprint density at radius 3 is 2.77 bits per heavy atom. The van der Waals surface area contributed by atoms with Crippen LogP contribution in [0.15, 0.2) is 36.4 Å². The summed E-state index contributed by atoms with van der Waals surface area (Å²) in [5, 5.41) is 12.0. The maximum atomic E-state index is 12.6. The highest BCUT2D eigenvalue weighted by Crippen LogP contribution is 2.13. The lowest BCUT2D eigenvalue weighted by Gasteiger charge is -2.35. The summed E-state index contributed by atoms with van der Waals surface area (Å²) in [6, 6.07) is 9.50. The van der Waals surface area contributed by atoms with Gasteiger partial charge in [0.05, 0.1) is 19.1 Å². The van der Waals surface area contributed by atoms with Crippen LogP contribution in [0.1, 0.15) is 25.8 Å². The smallest absolute Gasteiger partial charge is 0.237 e. The largest absolute Gasteiger partial charge is 0.395 e. The predicted octanol–water partition coefficient (Wildman–Crippen LogP) is 1.12. The Morgan fingerprint density at radius 2 is 2.12 bits per heavy atom. The summed E-state index contributed by atoms with van der Waals surface area (Å²) < 4.78 is 0. The van der Waals surface area contributed by atoms with Gasteiger partial charge in [-0.3, -0.25) is 14.5 Å². The van der Waals surface area contributed by atoms with Gasteiger partial charge in [-0.25, -0.2) is 0 Å². The van der Waals surface area contributed by atoms with E-state index in [2.05, 4.69) is 5.32 Å². The molecule has 0 radical (unpaired) electrons. The Kier molecular flexibility index (Phi) is 7.81. The molecule has 1 aliphatic rings. The third-order valence-electron chi connectivity index (χ3n) is 4.54. The highest BCUT2D eigenvalue weighted by molar-refractivity contribution is 5.89. The summed E-state index contributed by atoms with van der Waals surface area (Å²) in [6.07, 6.45) is 4.18. The van der Waals surface area contributed by atoms with Crippen LogP contribution in [0.3, 0.4) is 0 Å². The van der Waals surface area contributed by atoms with Gasteiger partial charge in [0.2, 0.25) is 11.8 Å². The summed E-state index contributed by atoms with van der Waals surface area (Å²) >= 11 is 0. The van der Waals surface area contributed by atoms with Gasteiger partial charge in [-0.05, 0) is 19.4 Å². The highest BCUT2D eigenvalue weighted by Gasteiger charge is 2.32. The van der Waals surface area contributed by atoms with Crippen molar-refractivity contribution in [1.82, 2.24) is 15.1 Å². The highest BCUT2D eigenvalue weighted by atomic mass is 16.3. The normalized spacial score (nSPS) is 18.3. The third kappa shape index (κ3) is 5.68. The molecule has 6 nitrogen and oxygen atoms in total. The zero-order valence-corrected chi connectivity index (χ0v) is 15.6. The minimum absolute atomic E-state index is 0.00673. The topological polar surface area (TPSA) is 72.9 Å². The summed E-state index contributed by atoms with van der Waals surface area (Å²) in [7, 11) is 0. The maximum Gasteiger partial charge on any atom is 0.237 e. The minimum atomic E-state index is -0.475. The van der Waals surface area contributed by atoms with E-state index in [1.165, 1.54) is 0 Å². The molecule has 2 amide bonds. The fourth-order valence-corrected chi connectivity index (χ4v) is 3.15. The van der Waals surface area contributed by atoms with E-state index in [9.17, 15) is 14.7 Å². The molecule has 1 saturated heterocycles. The second kappa shape index (κ2) is 10.1. The molecule has 1 atom stereocenters. The van der Waals surface area contributed by atoms with Gasteiger partial charge in [0.1, 0.15) is 0 Å². The fourth-order valence-electron chi connectivity index (χ4n) is 3.15. The molecule has 1 aliphatic heterocycles. The molecule has 0 aliphatic carbocycles. The number of rotatable bonds is 8. The van der Waals surface area contributed by atoms with E-state index < -0.39 is 6.04 Å². The number of amides is 2. The van der Waals surface area contributed by atoms with E-state index in [-0.39, 0.29) is 30.9 Å². The van der Waals surface area contributed by atoms with Gasteiger partial charge in [-0.1, -0.05) is 42.5 Å². The van der Waals surface area contributed by atoms with Crippen molar-refractivity contribution in [2.45, 2.75) is 32.4 Å². The van der Waals surface area contributed by atoms with Crippen LogP contribution in [0.2, 0.25) is 0 Å². The molecule has 2 N–H and O–H groups in total. The summed E-state index contributed by atoms with van der Waals surface area (Å²) in [6.45, 7) is 5.95. The SMILES string of the molecule is CC(C)N(CCO)C(=O)CC1C(=O)NCCN1CC=Cc1ccccc1. The van der Waals surface area contributed by atoms with Crippen molar-refractivity contribution in [2.75, 3.05) is 32.8 Å². The second-order valence-corrected chi connectivity index (χ2v) is 6.72. The Bertz CT molecular complexity index is 616. The van der Waals surface area contributed by atoms with Crippen molar-refractivity contribution in [1.29, 1.82) is 0 Å². The molecule has 0 bridgehead atoms. The van der Waals surface area contributed by atoms with Gasteiger partial charge in [-0.2, -0.15) is 0 Å². The molecule has 1 fully saturated rings. The fraction of sp³-hybridized carbons (Fsp3) is 0.500. The Morgan fingerprint density at radius 1 is 1.38 bits per heavy atom. The molecule has 1 aromatic rings. The van der Waals surface area contributed by atoms with Crippen molar-refractivity contribution in [3.8, 4) is 0 Å². The number of piperazine rings is 1. The minimum Gasteiger partial charge on any atom is -0.395 e. The molecule has 2 rings (SSSR count). The number of nitrogens with zero attached hydrogens (tertiary/aromatic N) is 2. The molecular weight excluding hydrogens is 330 g/mol. The number of aliphatic hydroxyl groups excluding tert-OH is 1. The van der Waals surface area contributed by atoms with Crippen LogP contribution in [0.25, 0.3) is 6.08 Å². The van der Waals surface area contributed by atoms with E-state index >= 15 is 0 Å². The number of nitrogens with one attached hydrogen (secondary N) is 1. The van der Waals surface area contributed by atoms with E-state index in [4.69, 9.17) is 0 Å². The van der Waals surface area contributed by atoms with Gasteiger partial charge < -0.3 is 15.3 Å². The summed E-state index contributed by atoms with van der Waals surface area (Å²) in [5.41, 5.74) is 1.11. The molecule has 26 heavy (non-hydrogen) atoms. The van der Waals surface area contributed by atoms with Crippen LogP contribution in [-0.4, -0.2) is 71.6 Å². The molecular formula is C20H29N3O3. The first-order valence-electron chi connectivity index (χ1n) is 9.16. The lowest BCUT2D eigenvalue weighted by molar-refractivity contribution is -0.140. The van der Waals surface area contributed by atoms with Gasteiger partial charge in [-0.15, -0.1) is 0 Å². The Balaban J connectivity index is 2.01. The van der Waals surface area contributed by atoms with Crippen LogP contribution in [-0.2, 0) is 9.59 Å². The van der Waals surface area contributed by atoms with Crippen molar-refractivity contribution < 1.29 is 14.7 Å². The lowest BCUT2D eigenvalue weighted by atomic mass is 10.1. The van der Waals surface area contributed by atoms with Crippen molar-refractivity contribution in [3.63, 3.8) is 0 Å². The number of benzene rings is 1. The van der Waals surface area contributed by atoms with Crippen molar-refractivity contribution in [3.05, 3.63) is 42.0 Å². The standard InChI is InChI=1S/C20H29N3O3/c1-16(2)23(13-14-24)19(25)15-18-20(26)21-10-12-22(18)11-6-9-17-7-4-3-5-8-17/h3-9,16,18,24H,10-15H2,1-2H3,(H,21,26). The van der Waals surface area contributed by atoms with Crippen LogP contribution in [0, 0.1) is 0 Å². The van der Waals surface area contributed by atoms with Gasteiger partial charge in [0.25, 0.3) is 0 Å². The van der Waals surface area contributed by atoms with Crippen LogP contribution < -0.4 is 5.32 Å².